The molecule has 1 aliphatic carbocycles. The lowest BCUT2D eigenvalue weighted by atomic mass is 10.0. The number of hydrogen-bond acceptors (Lipinski definition) is 4. The highest BCUT2D eigenvalue weighted by atomic mass is 16.4. The number of carboxylic acid groups (broad SMARTS) is 2. The number of rotatable bonds is 3. The molecule has 0 aromatic heterocycles. The third-order valence-electron chi connectivity index (χ3n) is 4.64. The molecule has 2 aliphatic rings. The molecule has 1 saturated heterocycles. The lowest BCUT2D eigenvalue weighted by molar-refractivity contribution is -0.134. The molecular formula is C20H26N2O4. The van der Waals surface area contributed by atoms with Crippen LogP contribution in [0.3, 0.4) is 0 Å². The second-order valence-corrected chi connectivity index (χ2v) is 6.51. The predicted molar refractivity (Wildman–Crippen MR) is 101 cm³/mol. The maximum atomic E-state index is 9.55. The van der Waals surface area contributed by atoms with Crippen LogP contribution in [0.2, 0.25) is 0 Å². The first kappa shape index (κ1) is 19.9. The molecule has 0 amide bonds. The van der Waals surface area contributed by atoms with Gasteiger partial charge in [0.05, 0.1) is 0 Å². The summed E-state index contributed by atoms with van der Waals surface area (Å²) in [5, 5.41) is 15.6. The van der Waals surface area contributed by atoms with E-state index in [9.17, 15) is 9.59 Å². The number of nitrogens with zero attached hydrogens (tertiary/aromatic N) is 2. The Morgan fingerprint density at radius 2 is 1.65 bits per heavy atom. The standard InChI is InChI=1S/C16H22N2.C4H4O4/c1-17-10-12-18(13-11-17)16-8-6-14-4-2-3-5-15(14)7-9-16;5-3(6)1-2-4(7)8/h2-6,8,16H,7,9-13H2,1H3;1-2H,(H,5,6)(H,7,8)/b;2-1+. The van der Waals surface area contributed by atoms with Gasteiger partial charge < -0.3 is 15.1 Å². The number of benzene rings is 1. The van der Waals surface area contributed by atoms with Crippen molar-refractivity contribution >= 4 is 18.0 Å². The molecular weight excluding hydrogens is 332 g/mol. The van der Waals surface area contributed by atoms with Crippen molar-refractivity contribution in [2.45, 2.75) is 18.9 Å². The molecule has 0 saturated carbocycles. The first-order valence-corrected chi connectivity index (χ1v) is 8.78. The quantitative estimate of drug-likeness (QED) is 0.804. The van der Waals surface area contributed by atoms with E-state index >= 15 is 0 Å². The van der Waals surface area contributed by atoms with Crippen molar-refractivity contribution in [1.29, 1.82) is 0 Å². The van der Waals surface area contributed by atoms with E-state index in [4.69, 9.17) is 10.2 Å². The van der Waals surface area contributed by atoms with Gasteiger partial charge in [0.15, 0.2) is 0 Å². The van der Waals surface area contributed by atoms with Crippen molar-refractivity contribution in [3.05, 3.63) is 53.6 Å². The molecule has 0 spiro atoms. The Morgan fingerprint density at radius 1 is 1.04 bits per heavy atom. The summed E-state index contributed by atoms with van der Waals surface area (Å²) < 4.78 is 0. The highest BCUT2D eigenvalue weighted by molar-refractivity contribution is 5.89. The van der Waals surface area contributed by atoms with E-state index in [2.05, 4.69) is 53.3 Å². The molecule has 1 aliphatic heterocycles. The summed E-state index contributed by atoms with van der Waals surface area (Å²) >= 11 is 0. The van der Waals surface area contributed by atoms with Gasteiger partial charge in [0.2, 0.25) is 0 Å². The summed E-state index contributed by atoms with van der Waals surface area (Å²) in [6.45, 7) is 4.83. The molecule has 1 atom stereocenters. The summed E-state index contributed by atoms with van der Waals surface area (Å²) in [4.78, 5) is 24.2. The fraction of sp³-hybridized carbons (Fsp3) is 0.400. The van der Waals surface area contributed by atoms with Crippen molar-refractivity contribution in [1.82, 2.24) is 9.80 Å². The zero-order chi connectivity index (χ0) is 18.9. The number of aliphatic carboxylic acids is 2. The van der Waals surface area contributed by atoms with E-state index in [1.807, 2.05) is 0 Å². The van der Waals surface area contributed by atoms with Crippen molar-refractivity contribution in [2.24, 2.45) is 0 Å². The fourth-order valence-corrected chi connectivity index (χ4v) is 3.14. The number of aryl methyl sites for hydroxylation is 1. The SMILES string of the molecule is CN1CCN(C2C=Cc3ccccc3CC2)CC1.O=C(O)/C=C/C(=O)O. The van der Waals surface area contributed by atoms with E-state index < -0.39 is 11.9 Å². The number of piperazine rings is 1. The highest BCUT2D eigenvalue weighted by Crippen LogP contribution is 2.22. The molecule has 26 heavy (non-hydrogen) atoms. The van der Waals surface area contributed by atoms with Crippen LogP contribution in [0.4, 0.5) is 0 Å². The Kier molecular flexibility index (Phi) is 7.56. The number of carboxylic acids is 2. The van der Waals surface area contributed by atoms with E-state index in [1.54, 1.807) is 0 Å². The molecule has 1 unspecified atom stereocenters. The Morgan fingerprint density at radius 3 is 2.27 bits per heavy atom. The van der Waals surface area contributed by atoms with Crippen molar-refractivity contribution < 1.29 is 19.8 Å². The summed E-state index contributed by atoms with van der Waals surface area (Å²) in [5.74, 6) is -2.51. The van der Waals surface area contributed by atoms with Crippen LogP contribution in [0, 0.1) is 0 Å². The maximum Gasteiger partial charge on any atom is 0.328 e. The van der Waals surface area contributed by atoms with E-state index in [0.717, 1.165) is 0 Å². The zero-order valence-corrected chi connectivity index (χ0v) is 15.0. The second kappa shape index (κ2) is 9.89. The lowest BCUT2D eigenvalue weighted by Crippen LogP contribution is -2.48. The summed E-state index contributed by atoms with van der Waals surface area (Å²) in [6.07, 6.45) is 8.32. The number of hydrogen-bond donors (Lipinski definition) is 2. The molecule has 0 bridgehead atoms. The third-order valence-corrected chi connectivity index (χ3v) is 4.64. The molecule has 1 aromatic carbocycles. The predicted octanol–water partition coefficient (Wildman–Crippen LogP) is 1.97. The van der Waals surface area contributed by atoms with Crippen LogP contribution in [-0.4, -0.2) is 71.2 Å². The summed E-state index contributed by atoms with van der Waals surface area (Å²) in [6, 6.07) is 9.43. The minimum Gasteiger partial charge on any atom is -0.478 e. The Labute approximate surface area is 154 Å². The Hall–Kier alpha value is -2.44. The summed E-state index contributed by atoms with van der Waals surface area (Å²) in [5.41, 5.74) is 2.92. The van der Waals surface area contributed by atoms with Gasteiger partial charge in [0.25, 0.3) is 0 Å². The van der Waals surface area contributed by atoms with Crippen LogP contribution in [0.25, 0.3) is 6.08 Å². The smallest absolute Gasteiger partial charge is 0.328 e. The maximum absolute atomic E-state index is 9.55. The average Bonchev–Trinajstić information content (AvgIpc) is 2.84. The Bertz CT molecular complexity index is 660. The largest absolute Gasteiger partial charge is 0.478 e. The van der Waals surface area contributed by atoms with Gasteiger partial charge in [0.1, 0.15) is 0 Å². The van der Waals surface area contributed by atoms with Gasteiger partial charge >= 0.3 is 11.9 Å². The van der Waals surface area contributed by atoms with Crippen LogP contribution < -0.4 is 0 Å². The van der Waals surface area contributed by atoms with Crippen LogP contribution in [0.5, 0.6) is 0 Å². The lowest BCUT2D eigenvalue weighted by Gasteiger charge is -2.36. The second-order valence-electron chi connectivity index (χ2n) is 6.51. The van der Waals surface area contributed by atoms with E-state index in [-0.39, 0.29) is 0 Å². The highest BCUT2D eigenvalue weighted by Gasteiger charge is 2.21. The number of fused-ring (bicyclic) bond motifs is 1. The molecule has 140 valence electrons. The molecule has 6 heteroatoms. The van der Waals surface area contributed by atoms with Crippen LogP contribution in [0.15, 0.2) is 42.5 Å². The van der Waals surface area contributed by atoms with Gasteiger partial charge in [-0.25, -0.2) is 9.59 Å². The first-order valence-electron chi connectivity index (χ1n) is 8.78. The van der Waals surface area contributed by atoms with Crippen LogP contribution >= 0.6 is 0 Å². The van der Waals surface area contributed by atoms with E-state index in [1.165, 1.54) is 50.1 Å². The fourth-order valence-electron chi connectivity index (χ4n) is 3.14. The Balaban J connectivity index is 0.000000260. The van der Waals surface area contributed by atoms with Crippen molar-refractivity contribution in [3.63, 3.8) is 0 Å². The molecule has 1 aromatic rings. The molecule has 2 N–H and O–H groups in total. The third kappa shape index (κ3) is 6.46. The minimum atomic E-state index is -1.26. The topological polar surface area (TPSA) is 81.1 Å². The van der Waals surface area contributed by atoms with Gasteiger partial charge in [-0.05, 0) is 31.0 Å². The van der Waals surface area contributed by atoms with Crippen molar-refractivity contribution in [2.75, 3.05) is 33.2 Å². The molecule has 0 radical (unpaired) electrons. The number of likely N-dealkylation sites (N-methyl/N-ethyl adjacent to an activating group) is 1. The van der Waals surface area contributed by atoms with Gasteiger partial charge in [-0.3, -0.25) is 4.90 Å². The molecule has 1 heterocycles. The van der Waals surface area contributed by atoms with Gasteiger partial charge in [-0.15, -0.1) is 0 Å². The molecule has 1 fully saturated rings. The average molecular weight is 358 g/mol. The van der Waals surface area contributed by atoms with Crippen LogP contribution in [-0.2, 0) is 16.0 Å². The first-order chi connectivity index (χ1) is 12.5. The van der Waals surface area contributed by atoms with Crippen LogP contribution in [0.1, 0.15) is 17.5 Å². The zero-order valence-electron chi connectivity index (χ0n) is 15.0. The monoisotopic (exact) mass is 358 g/mol. The van der Waals surface area contributed by atoms with Gasteiger partial charge in [0, 0.05) is 44.4 Å². The van der Waals surface area contributed by atoms with E-state index in [0.29, 0.717) is 18.2 Å². The summed E-state index contributed by atoms with van der Waals surface area (Å²) in [7, 11) is 2.22. The minimum absolute atomic E-state index is 0.558. The van der Waals surface area contributed by atoms with Gasteiger partial charge in [-0.1, -0.05) is 36.4 Å². The molecule has 3 rings (SSSR count). The number of carbonyl (C=O) groups is 2. The molecule has 6 nitrogen and oxygen atoms in total. The normalized spacial score (nSPS) is 20.7. The van der Waals surface area contributed by atoms with Crippen molar-refractivity contribution in [3.8, 4) is 0 Å². The van der Waals surface area contributed by atoms with Gasteiger partial charge in [-0.2, -0.15) is 0 Å².